The number of aliphatic hydroxyl groups excluding tert-OH is 1. The van der Waals surface area contributed by atoms with Gasteiger partial charge in [0.1, 0.15) is 0 Å². The monoisotopic (exact) mass is 329 g/mol. The summed E-state index contributed by atoms with van der Waals surface area (Å²) in [5, 5.41) is 19.0. The van der Waals surface area contributed by atoms with Crippen LogP contribution in [0, 0.1) is 10.1 Å². The summed E-state index contributed by atoms with van der Waals surface area (Å²) in [5.74, 6) is 0. The first-order valence-corrected chi connectivity index (χ1v) is 7.39. The van der Waals surface area contributed by atoms with Crippen LogP contribution in [0.4, 0.5) is 5.69 Å². The number of hydrogen-bond donors (Lipinski definition) is 1. The van der Waals surface area contributed by atoms with Gasteiger partial charge in [-0.05, 0) is 17.7 Å². The Morgan fingerprint density at radius 3 is 1.78 bits per heavy atom. The first kappa shape index (κ1) is 19.5. The summed E-state index contributed by atoms with van der Waals surface area (Å²) in [7, 11) is 0. The average Bonchev–Trinajstić information content (AvgIpc) is 2.56. The van der Waals surface area contributed by atoms with Crippen molar-refractivity contribution < 1.29 is 29.0 Å². The minimum Gasteiger partial charge on any atom is -0.394 e. The molecule has 0 saturated heterocycles. The molecule has 8 heteroatoms. The highest BCUT2D eigenvalue weighted by Gasteiger charge is 2.03. The average molecular weight is 329 g/mol. The van der Waals surface area contributed by atoms with Crippen molar-refractivity contribution in [3.05, 3.63) is 39.9 Å². The van der Waals surface area contributed by atoms with Gasteiger partial charge in [0.2, 0.25) is 0 Å². The maximum absolute atomic E-state index is 10.5. The van der Waals surface area contributed by atoms with Crippen molar-refractivity contribution in [2.24, 2.45) is 0 Å². The van der Waals surface area contributed by atoms with E-state index in [1.54, 1.807) is 12.1 Å². The van der Waals surface area contributed by atoms with Crippen molar-refractivity contribution in [1.29, 1.82) is 0 Å². The van der Waals surface area contributed by atoms with E-state index in [-0.39, 0.29) is 12.3 Å². The molecule has 0 aliphatic carbocycles. The van der Waals surface area contributed by atoms with Crippen molar-refractivity contribution in [1.82, 2.24) is 0 Å². The van der Waals surface area contributed by atoms with Gasteiger partial charge in [-0.1, -0.05) is 0 Å². The molecule has 8 nitrogen and oxygen atoms in total. The normalized spacial score (nSPS) is 10.8. The topological polar surface area (TPSA) is 100 Å². The highest BCUT2D eigenvalue weighted by Crippen LogP contribution is 2.12. The second-order valence-corrected chi connectivity index (χ2v) is 4.54. The van der Waals surface area contributed by atoms with Gasteiger partial charge >= 0.3 is 0 Å². The van der Waals surface area contributed by atoms with E-state index in [4.69, 9.17) is 24.1 Å². The molecule has 0 aromatic heterocycles. The molecule has 1 aromatic carbocycles. The maximum atomic E-state index is 10.5. The third-order valence-corrected chi connectivity index (χ3v) is 2.77. The molecule has 0 bridgehead atoms. The molecule has 0 amide bonds. The van der Waals surface area contributed by atoms with Crippen LogP contribution in [0.1, 0.15) is 5.56 Å². The summed E-state index contributed by atoms with van der Waals surface area (Å²) < 4.78 is 21.0. The molecule has 0 aliphatic rings. The Morgan fingerprint density at radius 2 is 1.30 bits per heavy atom. The Balaban J connectivity index is 1.90. The molecule has 0 aliphatic heterocycles. The highest BCUT2D eigenvalue weighted by atomic mass is 16.6. The van der Waals surface area contributed by atoms with Gasteiger partial charge in [-0.25, -0.2) is 0 Å². The molecule has 0 radical (unpaired) electrons. The number of nitro groups is 1. The summed E-state index contributed by atoms with van der Waals surface area (Å²) in [6.45, 7) is 3.51. The van der Waals surface area contributed by atoms with Gasteiger partial charge < -0.3 is 24.1 Å². The maximum Gasteiger partial charge on any atom is 0.269 e. The van der Waals surface area contributed by atoms with Crippen LogP contribution in [0.3, 0.4) is 0 Å². The van der Waals surface area contributed by atoms with Crippen LogP contribution < -0.4 is 0 Å². The molecule has 0 saturated carbocycles. The Kier molecular flexibility index (Phi) is 10.9. The van der Waals surface area contributed by atoms with E-state index >= 15 is 0 Å². The van der Waals surface area contributed by atoms with E-state index in [0.29, 0.717) is 52.9 Å². The lowest BCUT2D eigenvalue weighted by Crippen LogP contribution is -2.12. The van der Waals surface area contributed by atoms with Crippen LogP contribution >= 0.6 is 0 Å². The van der Waals surface area contributed by atoms with Crippen LogP contribution in [0.25, 0.3) is 0 Å². The van der Waals surface area contributed by atoms with Crippen LogP contribution in [-0.2, 0) is 25.6 Å². The molecule has 0 spiro atoms. The first-order chi connectivity index (χ1) is 11.2. The molecule has 0 fully saturated rings. The Labute approximate surface area is 135 Å². The zero-order valence-electron chi connectivity index (χ0n) is 13.0. The molecule has 23 heavy (non-hydrogen) atoms. The first-order valence-electron chi connectivity index (χ1n) is 7.39. The van der Waals surface area contributed by atoms with E-state index in [9.17, 15) is 10.1 Å². The third kappa shape index (κ3) is 9.93. The standard InChI is InChI=1S/C15H23NO7/c17-5-6-20-7-8-21-9-10-22-11-12-23-13-14-1-3-15(4-2-14)16(18)19/h1-4,17H,5-13H2. The van der Waals surface area contributed by atoms with E-state index in [0.717, 1.165) is 5.56 Å². The fourth-order valence-electron chi connectivity index (χ4n) is 1.63. The molecule has 130 valence electrons. The molecule has 0 atom stereocenters. The van der Waals surface area contributed by atoms with Crippen molar-refractivity contribution in [2.45, 2.75) is 6.61 Å². The number of ether oxygens (including phenoxy) is 4. The van der Waals surface area contributed by atoms with Crippen molar-refractivity contribution in [3.8, 4) is 0 Å². The minimum atomic E-state index is -0.431. The van der Waals surface area contributed by atoms with E-state index in [2.05, 4.69) is 0 Å². The molecule has 0 heterocycles. The lowest BCUT2D eigenvalue weighted by Gasteiger charge is -2.07. The van der Waals surface area contributed by atoms with Crippen LogP contribution in [0.2, 0.25) is 0 Å². The fraction of sp³-hybridized carbons (Fsp3) is 0.600. The number of rotatable bonds is 14. The number of aliphatic hydroxyl groups is 1. The van der Waals surface area contributed by atoms with Gasteiger partial charge in [0.25, 0.3) is 5.69 Å². The zero-order valence-corrected chi connectivity index (χ0v) is 13.0. The highest BCUT2D eigenvalue weighted by molar-refractivity contribution is 5.32. The second kappa shape index (κ2) is 12.9. The number of non-ortho nitro benzene ring substituents is 1. The summed E-state index contributed by atoms with van der Waals surface area (Å²) >= 11 is 0. The quantitative estimate of drug-likeness (QED) is 0.310. The van der Waals surface area contributed by atoms with E-state index < -0.39 is 4.92 Å². The summed E-state index contributed by atoms with van der Waals surface area (Å²) in [5.41, 5.74) is 0.945. The van der Waals surface area contributed by atoms with Gasteiger partial charge in [-0.15, -0.1) is 0 Å². The predicted octanol–water partition coefficient (Wildman–Crippen LogP) is 1.15. The zero-order chi connectivity index (χ0) is 16.8. The number of nitro benzene ring substituents is 1. The fourth-order valence-corrected chi connectivity index (χ4v) is 1.63. The molecule has 1 N–H and O–H groups in total. The second-order valence-electron chi connectivity index (χ2n) is 4.54. The molecule has 1 rings (SSSR count). The van der Waals surface area contributed by atoms with Crippen molar-refractivity contribution >= 4 is 5.69 Å². The summed E-state index contributed by atoms with van der Waals surface area (Å²) in [4.78, 5) is 10.1. The Bertz CT molecular complexity index is 424. The number of nitrogens with zero attached hydrogens (tertiary/aromatic N) is 1. The predicted molar refractivity (Wildman–Crippen MR) is 82.3 cm³/mol. The number of benzene rings is 1. The van der Waals surface area contributed by atoms with Gasteiger partial charge in [0.15, 0.2) is 0 Å². The smallest absolute Gasteiger partial charge is 0.269 e. The van der Waals surface area contributed by atoms with Crippen LogP contribution in [-0.4, -0.2) is 62.9 Å². The Morgan fingerprint density at radius 1 is 0.826 bits per heavy atom. The summed E-state index contributed by atoms with van der Waals surface area (Å²) in [6.07, 6.45) is 0. The van der Waals surface area contributed by atoms with E-state index in [1.165, 1.54) is 12.1 Å². The SMILES string of the molecule is O=[N+]([O-])c1ccc(COCCOCCOCCOCCO)cc1. The lowest BCUT2D eigenvalue weighted by molar-refractivity contribution is -0.384. The number of hydrogen-bond acceptors (Lipinski definition) is 7. The van der Waals surface area contributed by atoms with Gasteiger partial charge in [-0.3, -0.25) is 10.1 Å². The largest absolute Gasteiger partial charge is 0.394 e. The Hall–Kier alpha value is -1.58. The third-order valence-electron chi connectivity index (χ3n) is 2.77. The van der Waals surface area contributed by atoms with Crippen LogP contribution in [0.5, 0.6) is 0 Å². The van der Waals surface area contributed by atoms with Gasteiger partial charge in [0, 0.05) is 12.1 Å². The molecule has 0 unspecified atom stereocenters. The minimum absolute atomic E-state index is 0.0169. The molecular formula is C15H23NO7. The summed E-state index contributed by atoms with van der Waals surface area (Å²) in [6, 6.07) is 6.25. The molecular weight excluding hydrogens is 306 g/mol. The van der Waals surface area contributed by atoms with Crippen molar-refractivity contribution in [3.63, 3.8) is 0 Å². The van der Waals surface area contributed by atoms with Crippen molar-refractivity contribution in [2.75, 3.05) is 52.9 Å². The molecule has 1 aromatic rings. The van der Waals surface area contributed by atoms with Crippen LogP contribution in [0.15, 0.2) is 24.3 Å². The van der Waals surface area contributed by atoms with E-state index in [1.807, 2.05) is 0 Å². The van der Waals surface area contributed by atoms with Gasteiger partial charge in [0.05, 0.1) is 64.4 Å². The lowest BCUT2D eigenvalue weighted by atomic mass is 10.2. The van der Waals surface area contributed by atoms with Gasteiger partial charge in [-0.2, -0.15) is 0 Å².